The van der Waals surface area contributed by atoms with Crippen LogP contribution in [-0.4, -0.2) is 94.4 Å². The van der Waals surface area contributed by atoms with Gasteiger partial charge in [-0.25, -0.2) is 4.79 Å². The van der Waals surface area contributed by atoms with Crippen LogP contribution in [0.5, 0.6) is 0 Å². The highest BCUT2D eigenvalue weighted by Gasteiger charge is 2.58. The fourth-order valence-corrected chi connectivity index (χ4v) is 5.55. The Morgan fingerprint density at radius 2 is 1.82 bits per heavy atom. The second-order valence-electron chi connectivity index (χ2n) is 12.8. The van der Waals surface area contributed by atoms with E-state index in [0.29, 0.717) is 19.4 Å². The number of allylic oxidation sites excluding steroid dienone is 2. The first-order valence-electron chi connectivity index (χ1n) is 15.2. The lowest BCUT2D eigenvalue weighted by Gasteiger charge is -2.39. The maximum absolute atomic E-state index is 12.5. The third-order valence-corrected chi connectivity index (χ3v) is 8.32. The van der Waals surface area contributed by atoms with E-state index in [1.54, 1.807) is 13.0 Å². The van der Waals surface area contributed by atoms with Crippen molar-refractivity contribution in [1.29, 1.82) is 0 Å². The molecule has 3 heterocycles. The van der Waals surface area contributed by atoms with Crippen LogP contribution in [0.2, 0.25) is 0 Å². The predicted molar refractivity (Wildman–Crippen MR) is 160 cm³/mol. The first-order valence-corrected chi connectivity index (χ1v) is 15.2. The van der Waals surface area contributed by atoms with E-state index in [4.69, 9.17) is 18.9 Å². The van der Waals surface area contributed by atoms with E-state index in [1.807, 2.05) is 19.9 Å². The molecular formula is C32H48N2O10. The van der Waals surface area contributed by atoms with Gasteiger partial charge in [0.15, 0.2) is 0 Å². The molecule has 3 rings (SSSR count). The van der Waals surface area contributed by atoms with Crippen molar-refractivity contribution in [1.82, 2.24) is 10.6 Å². The van der Waals surface area contributed by atoms with Gasteiger partial charge < -0.3 is 39.8 Å². The van der Waals surface area contributed by atoms with E-state index in [1.165, 1.54) is 32.9 Å². The number of hydrogen-bond donors (Lipinski definition) is 4. The monoisotopic (exact) mass is 620 g/mol. The molecule has 3 aliphatic heterocycles. The van der Waals surface area contributed by atoms with Gasteiger partial charge in [-0.1, -0.05) is 30.7 Å². The molecule has 3 aliphatic rings. The van der Waals surface area contributed by atoms with Crippen molar-refractivity contribution in [2.45, 2.75) is 128 Å². The smallest absolute Gasteiger partial charge is 0.328 e. The molecule has 3 saturated heterocycles. The number of carbonyl (C=O) groups excluding carboxylic acids is 3. The summed E-state index contributed by atoms with van der Waals surface area (Å²) in [6.45, 7) is 12.2. The summed E-state index contributed by atoms with van der Waals surface area (Å²) in [5, 5.41) is 25.7. The van der Waals surface area contributed by atoms with E-state index in [0.717, 1.165) is 12.0 Å². The van der Waals surface area contributed by atoms with Gasteiger partial charge in [0.05, 0.1) is 37.4 Å². The molecule has 9 atom stereocenters. The van der Waals surface area contributed by atoms with Crippen molar-refractivity contribution in [2.75, 3.05) is 6.61 Å². The molecule has 0 aromatic carbocycles. The highest BCUT2D eigenvalue weighted by atomic mass is 16.6. The molecule has 12 nitrogen and oxygen atoms in total. The number of ether oxygens (including phenoxy) is 4. The predicted octanol–water partition coefficient (Wildman–Crippen LogP) is 2.34. The number of amides is 2. The molecule has 246 valence electrons. The van der Waals surface area contributed by atoms with Gasteiger partial charge in [-0.15, -0.1) is 0 Å². The van der Waals surface area contributed by atoms with Crippen LogP contribution >= 0.6 is 0 Å². The highest BCUT2D eigenvalue weighted by Crippen LogP contribution is 2.43. The van der Waals surface area contributed by atoms with Gasteiger partial charge in [0.2, 0.25) is 11.8 Å². The summed E-state index contributed by atoms with van der Waals surface area (Å²) in [5.41, 5.74) is -1.22. The third-order valence-electron chi connectivity index (χ3n) is 8.32. The molecule has 3 fully saturated rings. The summed E-state index contributed by atoms with van der Waals surface area (Å²) in [4.78, 5) is 47.3. The molecule has 0 radical (unpaired) electrons. The highest BCUT2D eigenvalue weighted by molar-refractivity contribution is 5.88. The van der Waals surface area contributed by atoms with Crippen molar-refractivity contribution in [3.63, 3.8) is 0 Å². The molecule has 4 N–H and O–H groups in total. The Labute approximate surface area is 259 Å². The van der Waals surface area contributed by atoms with Crippen molar-refractivity contribution in [2.24, 2.45) is 5.92 Å². The Morgan fingerprint density at radius 3 is 2.43 bits per heavy atom. The number of rotatable bonds is 12. The summed E-state index contributed by atoms with van der Waals surface area (Å²) >= 11 is 0. The number of aliphatic hydroxyl groups excluding tert-OH is 1. The molecule has 2 amide bonds. The maximum Gasteiger partial charge on any atom is 0.328 e. The third kappa shape index (κ3) is 9.98. The second-order valence-corrected chi connectivity index (χ2v) is 12.8. The quantitative estimate of drug-likeness (QED) is 0.110. The number of nitrogens with one attached hydrogen (secondary N) is 2. The van der Waals surface area contributed by atoms with Crippen molar-refractivity contribution >= 4 is 23.8 Å². The molecule has 12 heteroatoms. The van der Waals surface area contributed by atoms with Gasteiger partial charge in [-0.05, 0) is 59.5 Å². The zero-order chi connectivity index (χ0) is 32.8. The fraction of sp³-hybridized carbons (Fsp3) is 0.688. The number of carboxylic acid groups (broad SMARTS) is 1. The lowest BCUT2D eigenvalue weighted by Crippen LogP contribution is -2.53. The van der Waals surface area contributed by atoms with Crippen LogP contribution in [0.1, 0.15) is 74.1 Å². The first-order chi connectivity index (χ1) is 20.5. The molecule has 0 aliphatic carbocycles. The first kappa shape index (κ1) is 35.4. The summed E-state index contributed by atoms with van der Waals surface area (Å²) in [6, 6.07) is -0.153. The van der Waals surface area contributed by atoms with Gasteiger partial charge in [0.1, 0.15) is 29.5 Å². The van der Waals surface area contributed by atoms with E-state index < -0.39 is 53.4 Å². The molecule has 0 saturated carbocycles. The average Bonchev–Trinajstić information content (AvgIpc) is 3.68. The Balaban J connectivity index is 1.52. The van der Waals surface area contributed by atoms with Gasteiger partial charge in [-0.2, -0.15) is 0 Å². The minimum absolute atomic E-state index is 0.0429. The van der Waals surface area contributed by atoms with Crippen LogP contribution in [0.4, 0.5) is 0 Å². The lowest BCUT2D eigenvalue weighted by molar-refractivity contribution is -0.151. The minimum atomic E-state index is -1.41. The van der Waals surface area contributed by atoms with Gasteiger partial charge in [0, 0.05) is 19.4 Å². The Kier molecular flexibility index (Phi) is 11.9. The number of hydrogen-bond acceptors (Lipinski definition) is 9. The molecule has 0 aromatic rings. The molecule has 0 unspecified atom stereocenters. The fourth-order valence-electron chi connectivity index (χ4n) is 5.55. The summed E-state index contributed by atoms with van der Waals surface area (Å²) in [5.74, 6) is -2.08. The summed E-state index contributed by atoms with van der Waals surface area (Å²) in [6.07, 6.45) is 7.43. The van der Waals surface area contributed by atoms with Crippen LogP contribution in [0.25, 0.3) is 0 Å². The number of aliphatic hydroxyl groups is 1. The summed E-state index contributed by atoms with van der Waals surface area (Å²) in [7, 11) is 0. The summed E-state index contributed by atoms with van der Waals surface area (Å²) < 4.78 is 22.9. The van der Waals surface area contributed by atoms with Crippen molar-refractivity contribution < 1.29 is 48.3 Å². The normalized spacial score (nSPS) is 33.3. The zero-order valence-corrected chi connectivity index (χ0v) is 26.7. The van der Waals surface area contributed by atoms with E-state index in [-0.39, 0.29) is 36.5 Å². The van der Waals surface area contributed by atoms with E-state index in [9.17, 15) is 29.4 Å². The SMILES string of the molecule is CC(=O)O[C@@H](C)/C=C\C(=O)N[C@@H]1C[C@H](C)[C@H](C/C=C(C)/C=C/[C@H]2O[C@H](CC(=O)NC(C)(C)C(=O)O)C[C@@]3(CO3)[C@@H]2O)O[C@@H]1C. The van der Waals surface area contributed by atoms with Crippen molar-refractivity contribution in [3.05, 3.63) is 36.0 Å². The standard InChI is InChI=1S/C32H48N2O10/c1-18(8-11-25-19(2)14-24(21(4)43-25)33-27(36)13-10-20(3)42-22(5)35)9-12-26-29(38)32(17-41-32)16-23(44-26)15-28(37)34-31(6,7)30(39)40/h8-10,12-13,19-21,23-26,29,38H,11,14-17H2,1-7H3,(H,33,36)(H,34,37)(H,39,40)/b12-9+,13-10-,18-8+/t19-,20-,21+,23+,24+,25-,26+,29+,32+/m0/s1. The number of esters is 1. The van der Waals surface area contributed by atoms with Crippen LogP contribution < -0.4 is 10.6 Å². The molecule has 0 aromatic heterocycles. The molecule has 1 spiro atoms. The van der Waals surface area contributed by atoms with E-state index >= 15 is 0 Å². The molecule has 44 heavy (non-hydrogen) atoms. The second kappa shape index (κ2) is 14.8. The van der Waals surface area contributed by atoms with Gasteiger partial charge in [0.25, 0.3) is 0 Å². The van der Waals surface area contributed by atoms with Gasteiger partial charge >= 0.3 is 11.9 Å². The minimum Gasteiger partial charge on any atom is -0.480 e. The van der Waals surface area contributed by atoms with E-state index in [2.05, 4.69) is 23.6 Å². The number of epoxide rings is 1. The number of carbonyl (C=O) groups is 4. The average molecular weight is 621 g/mol. The van der Waals surface area contributed by atoms with Crippen LogP contribution in [0, 0.1) is 5.92 Å². The zero-order valence-electron chi connectivity index (χ0n) is 26.7. The largest absolute Gasteiger partial charge is 0.480 e. The topological polar surface area (TPSA) is 173 Å². The molecule has 0 bridgehead atoms. The van der Waals surface area contributed by atoms with Gasteiger partial charge in [-0.3, -0.25) is 14.4 Å². The van der Waals surface area contributed by atoms with Crippen LogP contribution in [0.3, 0.4) is 0 Å². The Bertz CT molecular complexity index is 1160. The number of aliphatic carboxylic acids is 1. The molecular weight excluding hydrogens is 572 g/mol. The lowest BCUT2D eigenvalue weighted by atomic mass is 9.87. The Morgan fingerprint density at radius 1 is 1.14 bits per heavy atom. The maximum atomic E-state index is 12.5. The van der Waals surface area contributed by atoms with Crippen LogP contribution in [0.15, 0.2) is 36.0 Å². The Hall–Kier alpha value is -3.06. The van der Waals surface area contributed by atoms with Crippen LogP contribution in [-0.2, 0) is 38.1 Å². The number of carboxylic acids is 1. The van der Waals surface area contributed by atoms with Crippen molar-refractivity contribution in [3.8, 4) is 0 Å².